The zero-order chi connectivity index (χ0) is 26.8. The van der Waals surface area contributed by atoms with Gasteiger partial charge in [-0.2, -0.15) is 0 Å². The first-order valence-electron chi connectivity index (χ1n) is 13.0. The molecule has 32 heavy (non-hydrogen) atoms. The van der Waals surface area contributed by atoms with Crippen molar-refractivity contribution in [3.05, 3.63) is 0 Å². The van der Waals surface area contributed by atoms with Crippen LogP contribution in [0.5, 0.6) is 0 Å². The van der Waals surface area contributed by atoms with Gasteiger partial charge in [0.05, 0.1) is 22.8 Å². The van der Waals surface area contributed by atoms with Crippen molar-refractivity contribution >= 4 is 37.8 Å². The van der Waals surface area contributed by atoms with Gasteiger partial charge in [-0.3, -0.25) is 0 Å². The molecule has 0 spiro atoms. The minimum Gasteiger partial charge on any atom is -0.0684 e. The average Bonchev–Trinajstić information content (AvgIpc) is 2.43. The minimum atomic E-state index is -1.69. The zero-order valence-corrected chi connectivity index (χ0v) is 31.5. The van der Waals surface area contributed by atoms with Crippen LogP contribution < -0.4 is 0 Å². The lowest BCUT2D eigenvalue weighted by Crippen LogP contribution is -2.75. The van der Waals surface area contributed by atoms with Gasteiger partial charge < -0.3 is 0 Å². The fourth-order valence-corrected chi connectivity index (χ4v) is 115. The van der Waals surface area contributed by atoms with Crippen LogP contribution in [0, 0.1) is 0 Å². The van der Waals surface area contributed by atoms with Crippen LogP contribution in [-0.4, -0.2) is 37.8 Å². The van der Waals surface area contributed by atoms with Gasteiger partial charge in [0, 0.05) is 0 Å². The van der Waals surface area contributed by atoms with E-state index in [0.29, 0.717) is 30.2 Å². The molecule has 0 heterocycles. The molecule has 0 aliphatic rings. The van der Waals surface area contributed by atoms with Gasteiger partial charge >= 0.3 is 0 Å². The Hall–Kier alpha value is 1.08. The molecular weight excluding hydrogens is 465 g/mol. The van der Waals surface area contributed by atoms with E-state index in [1.807, 2.05) is 0 Å². The van der Waals surface area contributed by atoms with Crippen molar-refractivity contribution in [3.63, 3.8) is 0 Å². The van der Waals surface area contributed by atoms with Crippen molar-refractivity contribution in [3.8, 4) is 0 Å². The molecular formula is C27H63Si5. The van der Waals surface area contributed by atoms with Crippen molar-refractivity contribution in [1.82, 2.24) is 0 Å². The molecule has 0 nitrogen and oxygen atoms in total. The van der Waals surface area contributed by atoms with Crippen molar-refractivity contribution in [2.45, 2.75) is 174 Å². The molecule has 0 saturated carbocycles. The summed E-state index contributed by atoms with van der Waals surface area (Å²) < 4.78 is 0. The van der Waals surface area contributed by atoms with Crippen LogP contribution in [0.15, 0.2) is 0 Å². The van der Waals surface area contributed by atoms with Crippen molar-refractivity contribution in [1.29, 1.82) is 0 Å². The molecule has 1 radical (unpaired) electrons. The highest BCUT2D eigenvalue weighted by molar-refractivity contribution is 7.71. The van der Waals surface area contributed by atoms with E-state index in [1.165, 1.54) is 8.13 Å². The smallest absolute Gasteiger partial charge is 0.0664 e. The van der Waals surface area contributed by atoms with Gasteiger partial charge in [0.1, 0.15) is 0 Å². The third-order valence-corrected chi connectivity index (χ3v) is 84.4. The molecule has 0 N–H and O–H groups in total. The lowest BCUT2D eigenvalue weighted by Gasteiger charge is -2.62. The van der Waals surface area contributed by atoms with Crippen LogP contribution >= 0.6 is 0 Å². The van der Waals surface area contributed by atoms with Gasteiger partial charge in [-0.1, -0.05) is 144 Å². The third-order valence-electron chi connectivity index (χ3n) is 10.4. The zero-order valence-electron chi connectivity index (χ0n) is 26.5. The maximum atomic E-state index is 2.89. The molecule has 0 bridgehead atoms. The van der Waals surface area contributed by atoms with Crippen LogP contribution in [0.4, 0.5) is 0 Å². The molecule has 0 amide bonds. The Morgan fingerprint density at radius 1 is 0.375 bits per heavy atom. The average molecular weight is 528 g/mol. The standard InChI is InChI=1S/C27H63Si5/c1-22(2,3)30(19,23(4,5)6)28-29(31(20,24(7,8)9)25(10,11)12)32(21,26(13,14)15)27(16,17)18/h1-21H3. The SMILES string of the molecule is CC(C)(C)[Si](C)([Si]=[Si]([Si](C)(C(C)(C)C)C(C)(C)C)[Si](C)(C(C)(C)C)C(C)(C)C)C(C)(C)C. The van der Waals surface area contributed by atoms with Crippen LogP contribution in [0.25, 0.3) is 0 Å². The van der Waals surface area contributed by atoms with Gasteiger partial charge in [0.2, 0.25) is 0 Å². The van der Waals surface area contributed by atoms with E-state index in [0.717, 1.165) is 0 Å². The molecule has 0 aliphatic carbocycles. The summed E-state index contributed by atoms with van der Waals surface area (Å²) >= 11 is 0. The summed E-state index contributed by atoms with van der Waals surface area (Å²) in [6, 6.07) is 0. The van der Waals surface area contributed by atoms with Crippen molar-refractivity contribution in [2.75, 3.05) is 0 Å². The highest BCUT2D eigenvalue weighted by Crippen LogP contribution is 2.60. The Morgan fingerprint density at radius 2 is 0.562 bits per heavy atom. The van der Waals surface area contributed by atoms with Crippen LogP contribution in [0.2, 0.25) is 49.9 Å². The molecule has 0 unspecified atom stereocenters. The monoisotopic (exact) mass is 527 g/mol. The van der Waals surface area contributed by atoms with E-state index in [9.17, 15) is 0 Å². The van der Waals surface area contributed by atoms with E-state index < -0.39 is 29.7 Å². The van der Waals surface area contributed by atoms with Gasteiger partial charge in [-0.15, -0.1) is 0 Å². The Bertz CT molecular complexity index is 607. The molecule has 0 aromatic heterocycles. The minimum absolute atomic E-state index is 0.419. The second kappa shape index (κ2) is 8.88. The third kappa shape index (κ3) is 5.41. The first kappa shape index (κ1) is 33.1. The Balaban J connectivity index is 8.27. The van der Waals surface area contributed by atoms with E-state index >= 15 is 0 Å². The lowest BCUT2D eigenvalue weighted by atomic mass is 10.2. The number of hydrogen-bond acceptors (Lipinski definition) is 0. The lowest BCUT2D eigenvalue weighted by molar-refractivity contribution is 0.626. The predicted octanol–water partition coefficient (Wildman–Crippen LogP) is 10.4. The maximum absolute atomic E-state index is 2.89. The first-order valence-corrected chi connectivity index (χ1v) is 27.0. The van der Waals surface area contributed by atoms with E-state index in [2.05, 4.69) is 144 Å². The molecule has 5 heteroatoms. The number of rotatable bonds is 3. The van der Waals surface area contributed by atoms with Crippen LogP contribution in [-0.2, 0) is 0 Å². The van der Waals surface area contributed by atoms with E-state index in [1.54, 1.807) is 0 Å². The van der Waals surface area contributed by atoms with Crippen LogP contribution in [0.3, 0.4) is 0 Å². The largest absolute Gasteiger partial charge is 0.0684 e. The van der Waals surface area contributed by atoms with Gasteiger partial charge in [0.15, 0.2) is 0 Å². The summed E-state index contributed by atoms with van der Waals surface area (Å²) in [5.41, 5.74) is 0. The summed E-state index contributed by atoms with van der Waals surface area (Å²) in [6.45, 7) is 55.1. The summed E-state index contributed by atoms with van der Waals surface area (Å²) in [7, 11) is -3.76. The summed E-state index contributed by atoms with van der Waals surface area (Å²) in [5.74, 6) is 0. The van der Waals surface area contributed by atoms with Gasteiger partial charge in [0.25, 0.3) is 0 Å². The molecule has 0 atom stereocenters. The van der Waals surface area contributed by atoms with Gasteiger partial charge in [-0.05, 0) is 45.3 Å². The molecule has 0 aromatic rings. The molecule has 0 aromatic carbocycles. The Labute approximate surface area is 211 Å². The highest BCUT2D eigenvalue weighted by atomic mass is 29.8. The second-order valence-corrected chi connectivity index (χ2v) is 55.1. The van der Waals surface area contributed by atoms with E-state index in [-0.39, 0.29) is 0 Å². The fourth-order valence-electron chi connectivity index (χ4n) is 6.25. The molecule has 0 aliphatic heterocycles. The highest BCUT2D eigenvalue weighted by Gasteiger charge is 2.63. The summed E-state index contributed by atoms with van der Waals surface area (Å²) in [5, 5.41) is 2.53. The fraction of sp³-hybridized carbons (Fsp3) is 1.00. The Kier molecular flexibility index (Phi) is 9.18. The van der Waals surface area contributed by atoms with Gasteiger partial charge in [-0.25, -0.2) is 0 Å². The molecule has 0 saturated heterocycles. The first-order chi connectivity index (χ1) is 13.3. The summed E-state index contributed by atoms with van der Waals surface area (Å²) in [6.07, 6.45) is 0. The molecule has 0 fully saturated rings. The maximum Gasteiger partial charge on any atom is 0.0664 e. The van der Waals surface area contributed by atoms with Crippen LogP contribution in [0.1, 0.15) is 125 Å². The van der Waals surface area contributed by atoms with Crippen molar-refractivity contribution < 1.29 is 0 Å². The number of hydrogen-bond donors (Lipinski definition) is 0. The topological polar surface area (TPSA) is 0 Å². The molecule has 191 valence electrons. The van der Waals surface area contributed by atoms with Crippen molar-refractivity contribution in [2.24, 2.45) is 0 Å². The van der Waals surface area contributed by atoms with E-state index in [4.69, 9.17) is 0 Å². The second-order valence-electron chi connectivity index (χ2n) is 17.4. The Morgan fingerprint density at radius 3 is 0.688 bits per heavy atom. The quantitative estimate of drug-likeness (QED) is 0.320. The molecule has 0 rings (SSSR count). The summed E-state index contributed by atoms with van der Waals surface area (Å²) in [4.78, 5) is 0. The predicted molar refractivity (Wildman–Crippen MR) is 165 cm³/mol. The normalized spacial score (nSPS) is 16.3.